The van der Waals surface area contributed by atoms with Crippen molar-refractivity contribution in [3.63, 3.8) is 0 Å². The van der Waals surface area contributed by atoms with Crippen molar-refractivity contribution in [2.75, 3.05) is 13.1 Å². The highest BCUT2D eigenvalue weighted by Gasteiger charge is 2.31. The van der Waals surface area contributed by atoms with Crippen LogP contribution in [0, 0.1) is 5.82 Å². The molecule has 3 rings (SSSR count). The lowest BCUT2D eigenvalue weighted by molar-refractivity contribution is -0.122. The lowest BCUT2D eigenvalue weighted by Crippen LogP contribution is -2.45. The normalized spacial score (nSPS) is 20.4. The van der Waals surface area contributed by atoms with Crippen LogP contribution in [0.25, 0.3) is 0 Å². The molecule has 3 nitrogen and oxygen atoms in total. The van der Waals surface area contributed by atoms with E-state index in [1.165, 1.54) is 18.9 Å². The standard InChI is InChI=1S/C17H23FN2O/c18-16-4-2-1-3-13(16)5-8-17(21)19-14-9-11-20(12-10-14)15-6-7-15/h1-4,14-15H,5-12H2,(H,19,21). The third-order valence-corrected chi connectivity index (χ3v) is 4.54. The lowest BCUT2D eigenvalue weighted by Gasteiger charge is -2.32. The Hall–Kier alpha value is -1.42. The molecular weight excluding hydrogens is 267 g/mol. The van der Waals surface area contributed by atoms with Crippen LogP contribution in [0.2, 0.25) is 0 Å². The minimum atomic E-state index is -0.219. The molecule has 1 amide bonds. The van der Waals surface area contributed by atoms with Gasteiger partial charge in [-0.25, -0.2) is 4.39 Å². The largest absolute Gasteiger partial charge is 0.353 e. The van der Waals surface area contributed by atoms with Crippen LogP contribution in [0.1, 0.15) is 37.7 Å². The summed E-state index contributed by atoms with van der Waals surface area (Å²) in [5.74, 6) is -0.175. The van der Waals surface area contributed by atoms with E-state index in [9.17, 15) is 9.18 Å². The van der Waals surface area contributed by atoms with Crippen LogP contribution in [-0.2, 0) is 11.2 Å². The fourth-order valence-electron chi connectivity index (χ4n) is 3.10. The van der Waals surface area contributed by atoms with Crippen molar-refractivity contribution in [3.8, 4) is 0 Å². The van der Waals surface area contributed by atoms with Crippen LogP contribution in [0.15, 0.2) is 24.3 Å². The minimum Gasteiger partial charge on any atom is -0.353 e. The topological polar surface area (TPSA) is 32.3 Å². The molecule has 114 valence electrons. The average molecular weight is 290 g/mol. The lowest BCUT2D eigenvalue weighted by atomic mass is 10.0. The second-order valence-corrected chi connectivity index (χ2v) is 6.20. The van der Waals surface area contributed by atoms with Gasteiger partial charge in [-0.3, -0.25) is 4.79 Å². The molecule has 1 heterocycles. The van der Waals surface area contributed by atoms with Gasteiger partial charge in [0.15, 0.2) is 0 Å². The molecule has 1 aliphatic carbocycles. The third-order valence-electron chi connectivity index (χ3n) is 4.54. The van der Waals surface area contributed by atoms with E-state index in [4.69, 9.17) is 0 Å². The molecule has 4 heteroatoms. The summed E-state index contributed by atoms with van der Waals surface area (Å²) in [6.07, 6.45) is 5.62. The number of piperidine rings is 1. The van der Waals surface area contributed by atoms with Crippen molar-refractivity contribution >= 4 is 5.91 Å². The Morgan fingerprint density at radius 1 is 1.19 bits per heavy atom. The van der Waals surface area contributed by atoms with E-state index in [1.54, 1.807) is 12.1 Å². The van der Waals surface area contributed by atoms with Gasteiger partial charge in [0.25, 0.3) is 0 Å². The van der Waals surface area contributed by atoms with E-state index in [0.29, 0.717) is 24.4 Å². The Labute approximate surface area is 125 Å². The van der Waals surface area contributed by atoms with E-state index >= 15 is 0 Å². The molecule has 1 aromatic rings. The molecule has 1 saturated carbocycles. The van der Waals surface area contributed by atoms with Crippen molar-refractivity contribution in [2.45, 2.75) is 50.6 Å². The molecule has 0 unspecified atom stereocenters. The molecule has 1 aromatic carbocycles. The second-order valence-electron chi connectivity index (χ2n) is 6.20. The molecule has 0 aromatic heterocycles. The van der Waals surface area contributed by atoms with Crippen LogP contribution < -0.4 is 5.32 Å². The number of likely N-dealkylation sites (tertiary alicyclic amines) is 1. The Morgan fingerprint density at radius 3 is 2.57 bits per heavy atom. The summed E-state index contributed by atoms with van der Waals surface area (Å²) < 4.78 is 13.5. The number of hydrogen-bond donors (Lipinski definition) is 1. The van der Waals surface area contributed by atoms with Crippen LogP contribution in [0.5, 0.6) is 0 Å². The van der Waals surface area contributed by atoms with Crippen molar-refractivity contribution in [1.82, 2.24) is 10.2 Å². The Kier molecular flexibility index (Phi) is 4.54. The highest BCUT2D eigenvalue weighted by molar-refractivity contribution is 5.76. The van der Waals surface area contributed by atoms with E-state index in [0.717, 1.165) is 32.0 Å². The van der Waals surface area contributed by atoms with Crippen molar-refractivity contribution < 1.29 is 9.18 Å². The number of halogens is 1. The molecule has 21 heavy (non-hydrogen) atoms. The van der Waals surface area contributed by atoms with E-state index in [1.807, 2.05) is 6.07 Å². The quantitative estimate of drug-likeness (QED) is 0.903. The molecule has 1 saturated heterocycles. The van der Waals surface area contributed by atoms with Crippen molar-refractivity contribution in [1.29, 1.82) is 0 Å². The van der Waals surface area contributed by atoms with Crippen molar-refractivity contribution in [2.24, 2.45) is 0 Å². The van der Waals surface area contributed by atoms with Gasteiger partial charge in [-0.1, -0.05) is 18.2 Å². The monoisotopic (exact) mass is 290 g/mol. The summed E-state index contributed by atoms with van der Waals surface area (Å²) in [7, 11) is 0. The number of hydrogen-bond acceptors (Lipinski definition) is 2. The maximum Gasteiger partial charge on any atom is 0.220 e. The number of amides is 1. The maximum absolute atomic E-state index is 13.5. The molecule has 1 aliphatic heterocycles. The van der Waals surface area contributed by atoms with Gasteiger partial charge >= 0.3 is 0 Å². The average Bonchev–Trinajstić information content (AvgIpc) is 3.32. The summed E-state index contributed by atoms with van der Waals surface area (Å²) in [6, 6.07) is 7.80. The van der Waals surface area contributed by atoms with Crippen LogP contribution >= 0.6 is 0 Å². The highest BCUT2D eigenvalue weighted by atomic mass is 19.1. The predicted molar refractivity (Wildman–Crippen MR) is 80.5 cm³/mol. The van der Waals surface area contributed by atoms with Crippen LogP contribution in [-0.4, -0.2) is 36.0 Å². The first-order valence-electron chi connectivity index (χ1n) is 7.99. The minimum absolute atomic E-state index is 0.0446. The maximum atomic E-state index is 13.5. The predicted octanol–water partition coefficient (Wildman–Crippen LogP) is 2.50. The van der Waals surface area contributed by atoms with Gasteiger partial charge in [0.2, 0.25) is 5.91 Å². The molecule has 0 atom stereocenters. The molecule has 1 N–H and O–H groups in total. The van der Waals surface area contributed by atoms with Crippen LogP contribution in [0.4, 0.5) is 4.39 Å². The number of aryl methyl sites for hydroxylation is 1. The Bertz CT molecular complexity index is 493. The van der Waals surface area contributed by atoms with Gasteiger partial charge in [-0.2, -0.15) is 0 Å². The Balaban J connectivity index is 1.39. The molecule has 0 radical (unpaired) electrons. The van der Waals surface area contributed by atoms with Gasteiger partial charge in [0.05, 0.1) is 0 Å². The number of rotatable bonds is 5. The number of nitrogens with zero attached hydrogens (tertiary/aromatic N) is 1. The smallest absolute Gasteiger partial charge is 0.220 e. The van der Waals surface area contributed by atoms with Gasteiger partial charge in [-0.05, 0) is 43.7 Å². The number of benzene rings is 1. The van der Waals surface area contributed by atoms with Gasteiger partial charge in [0.1, 0.15) is 5.82 Å². The first-order chi connectivity index (χ1) is 10.2. The van der Waals surface area contributed by atoms with Crippen molar-refractivity contribution in [3.05, 3.63) is 35.6 Å². The van der Waals surface area contributed by atoms with E-state index < -0.39 is 0 Å². The summed E-state index contributed by atoms with van der Waals surface area (Å²) in [4.78, 5) is 14.5. The summed E-state index contributed by atoms with van der Waals surface area (Å²) in [5, 5.41) is 3.10. The van der Waals surface area contributed by atoms with Gasteiger partial charge < -0.3 is 10.2 Å². The summed E-state index contributed by atoms with van der Waals surface area (Å²) in [6.45, 7) is 2.20. The molecular formula is C17H23FN2O. The number of nitrogens with one attached hydrogen (secondary N) is 1. The van der Waals surface area contributed by atoms with Crippen LogP contribution in [0.3, 0.4) is 0 Å². The fraction of sp³-hybridized carbons (Fsp3) is 0.588. The van der Waals surface area contributed by atoms with Gasteiger partial charge in [-0.15, -0.1) is 0 Å². The zero-order chi connectivity index (χ0) is 14.7. The first-order valence-corrected chi connectivity index (χ1v) is 7.99. The summed E-state index contributed by atoms with van der Waals surface area (Å²) in [5.41, 5.74) is 0.621. The number of carbonyl (C=O) groups excluding carboxylic acids is 1. The third kappa shape index (κ3) is 4.03. The first kappa shape index (κ1) is 14.5. The van der Waals surface area contributed by atoms with E-state index in [2.05, 4.69) is 10.2 Å². The van der Waals surface area contributed by atoms with E-state index in [-0.39, 0.29) is 11.7 Å². The fourth-order valence-corrected chi connectivity index (χ4v) is 3.10. The number of carbonyl (C=O) groups is 1. The Morgan fingerprint density at radius 2 is 1.90 bits per heavy atom. The highest BCUT2D eigenvalue weighted by Crippen LogP contribution is 2.29. The zero-order valence-corrected chi connectivity index (χ0v) is 12.4. The molecule has 0 spiro atoms. The molecule has 2 aliphatic rings. The SMILES string of the molecule is O=C(CCc1ccccc1F)NC1CCN(C2CC2)CC1. The summed E-state index contributed by atoms with van der Waals surface area (Å²) >= 11 is 0. The molecule has 0 bridgehead atoms. The van der Waals surface area contributed by atoms with Gasteiger partial charge in [0, 0.05) is 31.6 Å². The molecule has 2 fully saturated rings. The zero-order valence-electron chi connectivity index (χ0n) is 12.4. The second kappa shape index (κ2) is 6.56.